The Hall–Kier alpha value is -0.860. The van der Waals surface area contributed by atoms with E-state index < -0.39 is 0 Å². The Bertz CT molecular complexity index is 394. The van der Waals surface area contributed by atoms with E-state index in [-0.39, 0.29) is 5.54 Å². The molecule has 2 heteroatoms. The largest absolute Gasteiger partial charge is 0.311 e. The van der Waals surface area contributed by atoms with Crippen molar-refractivity contribution in [3.8, 4) is 0 Å². The second kappa shape index (κ2) is 7.80. The molecule has 1 rings (SSSR count). The second-order valence-electron chi connectivity index (χ2n) is 5.92. The summed E-state index contributed by atoms with van der Waals surface area (Å²) < 4.78 is 0. The Morgan fingerprint density at radius 2 is 1.80 bits per heavy atom. The minimum Gasteiger partial charge on any atom is -0.311 e. The lowest BCUT2D eigenvalue weighted by atomic mass is 9.79. The highest BCUT2D eigenvalue weighted by molar-refractivity contribution is 5.29. The molecule has 0 heterocycles. The van der Waals surface area contributed by atoms with E-state index in [1.165, 1.54) is 17.5 Å². The molecule has 0 aromatic heterocycles. The molecule has 114 valence electrons. The first kappa shape index (κ1) is 17.2. The first-order chi connectivity index (χ1) is 9.55. The molecule has 0 radical (unpaired) electrons. The third-order valence-corrected chi connectivity index (χ3v) is 4.76. The zero-order valence-electron chi connectivity index (χ0n) is 14.2. The standard InChI is InChI=1S/C18H32N2/c1-7-11-15-12-10-13-16(14-15)17(19-4)18(8-2,9-3)20(5)6/h10,12-14,17,19H,7-9,11H2,1-6H3. The predicted molar refractivity (Wildman–Crippen MR) is 89.2 cm³/mol. The van der Waals surface area contributed by atoms with Gasteiger partial charge in [-0.25, -0.2) is 0 Å². The van der Waals surface area contributed by atoms with E-state index in [1.54, 1.807) is 0 Å². The van der Waals surface area contributed by atoms with Gasteiger partial charge in [-0.15, -0.1) is 0 Å². The van der Waals surface area contributed by atoms with E-state index >= 15 is 0 Å². The van der Waals surface area contributed by atoms with Crippen LogP contribution in [0.25, 0.3) is 0 Å². The van der Waals surface area contributed by atoms with Gasteiger partial charge in [0.05, 0.1) is 6.04 Å². The number of rotatable bonds is 8. The van der Waals surface area contributed by atoms with Crippen LogP contribution in [0.2, 0.25) is 0 Å². The van der Waals surface area contributed by atoms with E-state index in [2.05, 4.69) is 76.4 Å². The number of nitrogens with zero attached hydrogens (tertiary/aromatic N) is 1. The molecule has 0 saturated carbocycles. The average Bonchev–Trinajstić information content (AvgIpc) is 2.45. The van der Waals surface area contributed by atoms with Gasteiger partial charge in [-0.3, -0.25) is 0 Å². The quantitative estimate of drug-likeness (QED) is 0.771. The Morgan fingerprint density at radius 1 is 1.15 bits per heavy atom. The van der Waals surface area contributed by atoms with Crippen molar-refractivity contribution >= 4 is 0 Å². The van der Waals surface area contributed by atoms with Gasteiger partial charge in [0, 0.05) is 5.54 Å². The number of hydrogen-bond donors (Lipinski definition) is 1. The zero-order chi connectivity index (χ0) is 15.2. The van der Waals surface area contributed by atoms with Crippen molar-refractivity contribution in [1.82, 2.24) is 10.2 Å². The highest BCUT2D eigenvalue weighted by Crippen LogP contribution is 2.36. The fourth-order valence-corrected chi connectivity index (χ4v) is 3.51. The fraction of sp³-hybridized carbons (Fsp3) is 0.667. The van der Waals surface area contributed by atoms with Gasteiger partial charge in [0.15, 0.2) is 0 Å². The van der Waals surface area contributed by atoms with Gasteiger partial charge in [0.25, 0.3) is 0 Å². The zero-order valence-corrected chi connectivity index (χ0v) is 14.2. The van der Waals surface area contributed by atoms with Crippen LogP contribution in [0.4, 0.5) is 0 Å². The summed E-state index contributed by atoms with van der Waals surface area (Å²) in [4.78, 5) is 2.39. The van der Waals surface area contributed by atoms with Crippen LogP contribution < -0.4 is 5.32 Å². The number of benzene rings is 1. The van der Waals surface area contributed by atoms with Crippen molar-refractivity contribution in [1.29, 1.82) is 0 Å². The van der Waals surface area contributed by atoms with Gasteiger partial charge in [0.1, 0.15) is 0 Å². The summed E-state index contributed by atoms with van der Waals surface area (Å²) in [5, 5.41) is 3.57. The first-order valence-electron chi connectivity index (χ1n) is 7.99. The molecule has 0 spiro atoms. The summed E-state index contributed by atoms with van der Waals surface area (Å²) >= 11 is 0. The summed E-state index contributed by atoms with van der Waals surface area (Å²) in [7, 11) is 6.49. The van der Waals surface area contributed by atoms with Crippen LogP contribution in [-0.4, -0.2) is 31.6 Å². The summed E-state index contributed by atoms with van der Waals surface area (Å²) in [6.45, 7) is 6.83. The lowest BCUT2D eigenvalue weighted by Gasteiger charge is -2.45. The van der Waals surface area contributed by atoms with Crippen molar-refractivity contribution in [2.75, 3.05) is 21.1 Å². The van der Waals surface area contributed by atoms with Gasteiger partial charge in [-0.1, -0.05) is 51.5 Å². The maximum absolute atomic E-state index is 3.57. The molecule has 1 aromatic carbocycles. The van der Waals surface area contributed by atoms with E-state index in [0.29, 0.717) is 6.04 Å². The third-order valence-electron chi connectivity index (χ3n) is 4.76. The highest BCUT2D eigenvalue weighted by Gasteiger charge is 2.37. The average molecular weight is 276 g/mol. The van der Waals surface area contributed by atoms with Gasteiger partial charge in [-0.05, 0) is 51.5 Å². The summed E-state index contributed by atoms with van der Waals surface area (Å²) in [5.41, 5.74) is 3.03. The smallest absolute Gasteiger partial charge is 0.0504 e. The van der Waals surface area contributed by atoms with E-state index in [9.17, 15) is 0 Å². The van der Waals surface area contributed by atoms with E-state index in [1.807, 2.05) is 0 Å². The number of likely N-dealkylation sites (N-methyl/N-ethyl adjacent to an activating group) is 2. The molecule has 0 aliphatic rings. The molecule has 0 aliphatic heterocycles. The van der Waals surface area contributed by atoms with Crippen LogP contribution in [0.3, 0.4) is 0 Å². The summed E-state index contributed by atoms with van der Waals surface area (Å²) in [5.74, 6) is 0. The van der Waals surface area contributed by atoms with Gasteiger partial charge < -0.3 is 10.2 Å². The molecule has 1 atom stereocenters. The molecule has 1 N–H and O–H groups in total. The van der Waals surface area contributed by atoms with Crippen molar-refractivity contribution in [3.05, 3.63) is 35.4 Å². The second-order valence-corrected chi connectivity index (χ2v) is 5.92. The van der Waals surface area contributed by atoms with Gasteiger partial charge in [-0.2, -0.15) is 0 Å². The Labute approximate surface area is 125 Å². The monoisotopic (exact) mass is 276 g/mol. The van der Waals surface area contributed by atoms with Crippen molar-refractivity contribution in [3.63, 3.8) is 0 Å². The van der Waals surface area contributed by atoms with Crippen molar-refractivity contribution < 1.29 is 0 Å². The third kappa shape index (κ3) is 3.42. The molecule has 0 aliphatic carbocycles. The summed E-state index contributed by atoms with van der Waals surface area (Å²) in [6, 6.07) is 9.47. The highest BCUT2D eigenvalue weighted by atomic mass is 15.2. The lowest BCUT2D eigenvalue weighted by molar-refractivity contribution is 0.0917. The fourth-order valence-electron chi connectivity index (χ4n) is 3.51. The normalized spacial score (nSPS) is 13.8. The molecule has 0 bridgehead atoms. The van der Waals surface area contributed by atoms with Crippen molar-refractivity contribution in [2.24, 2.45) is 0 Å². The molecule has 0 saturated heterocycles. The Balaban J connectivity index is 3.19. The first-order valence-corrected chi connectivity index (χ1v) is 7.99. The number of nitrogens with one attached hydrogen (secondary N) is 1. The van der Waals surface area contributed by atoms with Crippen LogP contribution in [-0.2, 0) is 6.42 Å². The molecular weight excluding hydrogens is 244 g/mol. The number of hydrogen-bond acceptors (Lipinski definition) is 2. The van der Waals surface area contributed by atoms with Crippen LogP contribution >= 0.6 is 0 Å². The minimum atomic E-state index is 0.166. The number of aryl methyl sites for hydroxylation is 1. The van der Waals surface area contributed by atoms with Crippen LogP contribution in [0, 0.1) is 0 Å². The van der Waals surface area contributed by atoms with Crippen molar-refractivity contribution in [2.45, 2.75) is 58.0 Å². The van der Waals surface area contributed by atoms with Crippen LogP contribution in [0.5, 0.6) is 0 Å². The predicted octanol–water partition coefficient (Wildman–Crippen LogP) is 4.02. The topological polar surface area (TPSA) is 15.3 Å². The van der Waals surface area contributed by atoms with Gasteiger partial charge >= 0.3 is 0 Å². The molecule has 1 unspecified atom stereocenters. The Kier molecular flexibility index (Phi) is 6.70. The minimum absolute atomic E-state index is 0.166. The maximum atomic E-state index is 3.57. The molecule has 2 nitrogen and oxygen atoms in total. The lowest BCUT2D eigenvalue weighted by Crippen LogP contribution is -2.52. The van der Waals surface area contributed by atoms with E-state index in [0.717, 1.165) is 19.3 Å². The van der Waals surface area contributed by atoms with Crippen LogP contribution in [0.1, 0.15) is 57.2 Å². The van der Waals surface area contributed by atoms with Gasteiger partial charge in [0.2, 0.25) is 0 Å². The maximum Gasteiger partial charge on any atom is 0.0504 e. The SMILES string of the molecule is CCCc1cccc(C(NC)C(CC)(CC)N(C)C)c1. The molecular formula is C18H32N2. The molecule has 20 heavy (non-hydrogen) atoms. The van der Waals surface area contributed by atoms with E-state index in [4.69, 9.17) is 0 Å². The molecule has 0 amide bonds. The Morgan fingerprint density at radius 3 is 2.25 bits per heavy atom. The molecule has 0 fully saturated rings. The molecule has 1 aromatic rings. The summed E-state index contributed by atoms with van der Waals surface area (Å²) in [6.07, 6.45) is 4.64. The van der Waals surface area contributed by atoms with Crippen LogP contribution in [0.15, 0.2) is 24.3 Å².